The molecule has 2 heterocycles. The second kappa shape index (κ2) is 13.4. The van der Waals surface area contributed by atoms with Gasteiger partial charge in [-0.15, -0.1) is 0 Å². The third-order valence-corrected chi connectivity index (χ3v) is 4.60. The van der Waals surface area contributed by atoms with Gasteiger partial charge in [-0.05, 0) is 34.6 Å². The average Bonchev–Trinajstić information content (AvgIpc) is 2.68. The third kappa shape index (κ3) is 9.05. The van der Waals surface area contributed by atoms with E-state index < -0.39 is 73.6 Å². The highest BCUT2D eigenvalue weighted by Gasteiger charge is 2.45. The van der Waals surface area contributed by atoms with Crippen LogP contribution in [0.4, 0.5) is 0 Å². The number of hydrogen-bond acceptors (Lipinski definition) is 12. The molecule has 10 unspecified atom stereocenters. The van der Waals surface area contributed by atoms with Gasteiger partial charge in [0.1, 0.15) is 48.8 Å². The van der Waals surface area contributed by atoms with Gasteiger partial charge in [0.15, 0.2) is 12.6 Å². The highest BCUT2D eigenvalue weighted by Crippen LogP contribution is 2.25. The van der Waals surface area contributed by atoms with Gasteiger partial charge < -0.3 is 59.8 Å². The quantitative estimate of drug-likeness (QED) is 0.208. The largest absolute Gasteiger partial charge is 0.394 e. The van der Waals surface area contributed by atoms with Crippen molar-refractivity contribution in [3.05, 3.63) is 0 Å². The number of aliphatic hydroxyl groups excluding tert-OH is 8. The van der Waals surface area contributed by atoms with Crippen molar-refractivity contribution in [2.45, 2.75) is 115 Å². The molecule has 2 rings (SSSR count). The van der Waals surface area contributed by atoms with Crippen molar-refractivity contribution in [1.29, 1.82) is 0 Å². The minimum absolute atomic E-state index is 0. The smallest absolute Gasteiger partial charge is 0.187 e. The Morgan fingerprint density at radius 1 is 0.750 bits per heavy atom. The van der Waals surface area contributed by atoms with Crippen molar-refractivity contribution < 1.29 is 59.8 Å². The molecule has 8 N–H and O–H groups in total. The van der Waals surface area contributed by atoms with E-state index in [-0.39, 0.29) is 20.1 Å². The van der Waals surface area contributed by atoms with Crippen molar-refractivity contribution in [2.75, 3.05) is 13.2 Å². The molecule has 2 aliphatic rings. The maximum absolute atomic E-state index is 9.64. The van der Waals surface area contributed by atoms with E-state index in [9.17, 15) is 35.7 Å². The number of hydrogen-bond donors (Lipinski definition) is 8. The average molecular weight is 475 g/mol. The second-order valence-corrected chi connectivity index (χ2v) is 8.85. The van der Waals surface area contributed by atoms with Gasteiger partial charge in [-0.2, -0.15) is 0 Å². The Kier molecular flexibility index (Phi) is 13.2. The van der Waals surface area contributed by atoms with E-state index in [1.54, 1.807) is 20.8 Å². The van der Waals surface area contributed by atoms with Crippen molar-refractivity contribution in [1.82, 2.24) is 0 Å². The molecule has 194 valence electrons. The zero-order valence-corrected chi connectivity index (χ0v) is 18.5. The lowest BCUT2D eigenvalue weighted by molar-refractivity contribution is -0.320. The molecule has 2 fully saturated rings. The van der Waals surface area contributed by atoms with Gasteiger partial charge in [-0.3, -0.25) is 0 Å². The lowest BCUT2D eigenvalue weighted by Gasteiger charge is -2.41. The van der Waals surface area contributed by atoms with Crippen LogP contribution in [0.1, 0.15) is 42.0 Å². The lowest BCUT2D eigenvalue weighted by Crippen LogP contribution is -2.60. The molecule has 0 spiro atoms. The van der Waals surface area contributed by atoms with Crippen molar-refractivity contribution in [3.63, 3.8) is 0 Å². The zero-order chi connectivity index (χ0) is 24.1. The molecule has 0 aromatic carbocycles. The van der Waals surface area contributed by atoms with Crippen LogP contribution >= 0.6 is 0 Å². The van der Waals surface area contributed by atoms with Crippen LogP contribution in [0, 0.1) is 0 Å². The Balaban J connectivity index is 0.000000584. The van der Waals surface area contributed by atoms with E-state index >= 15 is 0 Å². The molecule has 0 amide bonds. The number of rotatable bonds is 5. The van der Waals surface area contributed by atoms with Crippen molar-refractivity contribution in [3.8, 4) is 0 Å². The first-order valence-corrected chi connectivity index (χ1v) is 10.2. The van der Waals surface area contributed by atoms with E-state index in [4.69, 9.17) is 24.1 Å². The minimum Gasteiger partial charge on any atom is -0.394 e. The monoisotopic (exact) mass is 474 g/mol. The normalized spacial score (nSPS) is 40.3. The Morgan fingerprint density at radius 3 is 1.72 bits per heavy atom. The topological polar surface area (TPSA) is 199 Å². The summed E-state index contributed by atoms with van der Waals surface area (Å²) in [4.78, 5) is 0. The van der Waals surface area contributed by atoms with E-state index in [0.29, 0.717) is 0 Å². The molecule has 12 heteroatoms. The molecule has 0 bridgehead atoms. The van der Waals surface area contributed by atoms with Crippen LogP contribution in [-0.2, 0) is 18.9 Å². The first-order chi connectivity index (χ1) is 14.2. The molecule has 0 aromatic rings. The summed E-state index contributed by atoms with van der Waals surface area (Å²) in [5, 5.41) is 74.9. The van der Waals surface area contributed by atoms with E-state index in [1.807, 2.05) is 13.8 Å². The van der Waals surface area contributed by atoms with Crippen LogP contribution in [-0.4, -0.2) is 127 Å². The Bertz CT molecular complexity index is 511. The van der Waals surface area contributed by atoms with Crippen molar-refractivity contribution >= 4 is 0 Å². The zero-order valence-electron chi connectivity index (χ0n) is 18.5. The summed E-state index contributed by atoms with van der Waals surface area (Å²) in [5.74, 6) is 0. The molecule has 2 saturated heterocycles. The molecule has 0 saturated carbocycles. The minimum atomic E-state index is -1.50. The molecule has 10 atom stereocenters. The highest BCUT2D eigenvalue weighted by molar-refractivity contribution is 4.90. The Labute approximate surface area is 188 Å². The highest BCUT2D eigenvalue weighted by atomic mass is 16.7. The van der Waals surface area contributed by atoms with E-state index in [0.717, 1.165) is 0 Å². The summed E-state index contributed by atoms with van der Waals surface area (Å²) in [5.41, 5.74) is -0.562. The SMILES string of the molecule is C.CC(C)(C)OC1OC(CO)C(O)C(O)C1O.CC(C)OCC1OC(O)C(O)C(O)C1O. The van der Waals surface area contributed by atoms with Gasteiger partial charge in [-0.25, -0.2) is 0 Å². The third-order valence-electron chi connectivity index (χ3n) is 4.60. The molecule has 0 aliphatic carbocycles. The van der Waals surface area contributed by atoms with Gasteiger partial charge in [-0.1, -0.05) is 7.43 Å². The fourth-order valence-electron chi connectivity index (χ4n) is 2.87. The summed E-state index contributed by atoms with van der Waals surface area (Å²) in [6, 6.07) is 0. The van der Waals surface area contributed by atoms with Crippen LogP contribution in [0.2, 0.25) is 0 Å². The predicted octanol–water partition coefficient (Wildman–Crippen LogP) is -2.55. The summed E-state index contributed by atoms with van der Waals surface area (Å²) in [7, 11) is 0. The second-order valence-electron chi connectivity index (χ2n) is 8.85. The Morgan fingerprint density at radius 2 is 1.25 bits per heavy atom. The van der Waals surface area contributed by atoms with Crippen LogP contribution in [0.5, 0.6) is 0 Å². The summed E-state index contributed by atoms with van der Waals surface area (Å²) < 4.78 is 20.7. The lowest BCUT2D eigenvalue weighted by atomic mass is 9.99. The molecule has 12 nitrogen and oxygen atoms in total. The van der Waals surface area contributed by atoms with Crippen LogP contribution in [0.15, 0.2) is 0 Å². The molecular formula is C20H42O12. The van der Waals surface area contributed by atoms with Gasteiger partial charge in [0.2, 0.25) is 0 Å². The van der Waals surface area contributed by atoms with Crippen LogP contribution in [0.3, 0.4) is 0 Å². The molecule has 0 aromatic heterocycles. The Hall–Kier alpha value is -0.480. The first-order valence-electron chi connectivity index (χ1n) is 10.2. The van der Waals surface area contributed by atoms with Gasteiger partial charge in [0, 0.05) is 0 Å². The fourth-order valence-corrected chi connectivity index (χ4v) is 2.87. The van der Waals surface area contributed by atoms with Crippen LogP contribution in [0.25, 0.3) is 0 Å². The van der Waals surface area contributed by atoms with E-state index in [2.05, 4.69) is 0 Å². The fraction of sp³-hybridized carbons (Fsp3) is 1.00. The van der Waals surface area contributed by atoms with Gasteiger partial charge >= 0.3 is 0 Å². The molecule has 2 aliphatic heterocycles. The predicted molar refractivity (Wildman–Crippen MR) is 111 cm³/mol. The number of ether oxygens (including phenoxy) is 4. The van der Waals surface area contributed by atoms with Gasteiger partial charge in [0.25, 0.3) is 0 Å². The first kappa shape index (κ1) is 31.5. The number of aliphatic hydroxyl groups is 8. The van der Waals surface area contributed by atoms with E-state index in [1.165, 1.54) is 0 Å². The standard InChI is InChI=1S/C10H20O6.C9H18O6.CH4/c1-10(2,3)16-9-8(14)7(13)6(12)5(4-11)15-9;1-4(2)14-3-5-6(10)7(11)8(12)9(13)15-5;/h5-9,11-14H,4H2,1-3H3;4-13H,3H2,1-2H3;1H4. The molecule has 32 heavy (non-hydrogen) atoms. The molecular weight excluding hydrogens is 432 g/mol. The van der Waals surface area contributed by atoms with Crippen LogP contribution < -0.4 is 0 Å². The van der Waals surface area contributed by atoms with Gasteiger partial charge in [0.05, 0.1) is 24.9 Å². The maximum atomic E-state index is 9.64. The van der Waals surface area contributed by atoms with Crippen molar-refractivity contribution in [2.24, 2.45) is 0 Å². The summed E-state index contributed by atoms with van der Waals surface area (Å²) in [6.07, 6.45) is -12.6. The summed E-state index contributed by atoms with van der Waals surface area (Å²) in [6.45, 7) is 8.56. The molecule has 0 radical (unpaired) electrons. The maximum Gasteiger partial charge on any atom is 0.187 e. The summed E-state index contributed by atoms with van der Waals surface area (Å²) >= 11 is 0.